The van der Waals surface area contributed by atoms with Crippen molar-refractivity contribution in [2.75, 3.05) is 24.2 Å². The van der Waals surface area contributed by atoms with Gasteiger partial charge >= 0.3 is 0 Å². The van der Waals surface area contributed by atoms with Gasteiger partial charge in [0.2, 0.25) is 11.8 Å². The van der Waals surface area contributed by atoms with Gasteiger partial charge in [-0.2, -0.15) is 0 Å². The van der Waals surface area contributed by atoms with Gasteiger partial charge in [-0.3, -0.25) is 9.59 Å². The standard InChI is InChI=1S/C23H25N3O2S2/c27-21(11-6-16-29-23-25-19-9-4-5-10-20(19)30-23)26-14-12-17(13-15-26)22(28)24-18-7-2-1-3-8-18/h1-5,7-10,17H,6,11-16H2,(H,24,28). The summed E-state index contributed by atoms with van der Waals surface area (Å²) in [6.07, 6.45) is 2.85. The third-order valence-corrected chi connectivity index (χ3v) is 7.56. The van der Waals surface area contributed by atoms with Gasteiger partial charge in [-0.25, -0.2) is 4.98 Å². The van der Waals surface area contributed by atoms with Crippen LogP contribution in [0.25, 0.3) is 10.2 Å². The molecule has 1 aromatic heterocycles. The summed E-state index contributed by atoms with van der Waals surface area (Å²) in [5.74, 6) is 1.12. The van der Waals surface area contributed by atoms with Gasteiger partial charge in [0, 0.05) is 36.9 Å². The van der Waals surface area contributed by atoms with Gasteiger partial charge < -0.3 is 10.2 Å². The van der Waals surface area contributed by atoms with E-state index in [2.05, 4.69) is 16.4 Å². The molecule has 7 heteroatoms. The number of hydrogen-bond donors (Lipinski definition) is 1. The number of hydrogen-bond acceptors (Lipinski definition) is 5. The summed E-state index contributed by atoms with van der Waals surface area (Å²) < 4.78 is 2.27. The number of nitrogens with zero attached hydrogens (tertiary/aromatic N) is 2. The highest BCUT2D eigenvalue weighted by Gasteiger charge is 2.27. The molecular weight excluding hydrogens is 414 g/mol. The van der Waals surface area contributed by atoms with Crippen molar-refractivity contribution in [2.45, 2.75) is 30.0 Å². The molecule has 3 aromatic rings. The molecule has 0 atom stereocenters. The second-order valence-electron chi connectivity index (χ2n) is 7.41. The number of rotatable bonds is 7. The molecule has 1 aliphatic rings. The Hall–Kier alpha value is -2.38. The number of nitrogens with one attached hydrogen (secondary N) is 1. The Labute approximate surface area is 184 Å². The maximum Gasteiger partial charge on any atom is 0.227 e. The molecule has 1 fully saturated rings. The quantitative estimate of drug-likeness (QED) is 0.414. The van der Waals surface area contributed by atoms with Gasteiger partial charge in [0.25, 0.3) is 0 Å². The Morgan fingerprint density at radius 1 is 1.07 bits per heavy atom. The van der Waals surface area contributed by atoms with Crippen LogP contribution < -0.4 is 5.32 Å². The summed E-state index contributed by atoms with van der Waals surface area (Å²) in [5.41, 5.74) is 1.87. The number of carbonyl (C=O) groups excluding carboxylic acids is 2. The number of carbonyl (C=O) groups is 2. The average Bonchev–Trinajstić information content (AvgIpc) is 3.20. The molecule has 1 N–H and O–H groups in total. The van der Waals surface area contributed by atoms with Gasteiger partial charge in [0.15, 0.2) is 4.34 Å². The lowest BCUT2D eigenvalue weighted by Gasteiger charge is -2.31. The summed E-state index contributed by atoms with van der Waals surface area (Å²) in [4.78, 5) is 31.5. The van der Waals surface area contributed by atoms with Crippen LogP contribution in [0.5, 0.6) is 0 Å². The number of benzene rings is 2. The van der Waals surface area contributed by atoms with Crippen molar-refractivity contribution in [1.29, 1.82) is 0 Å². The molecule has 5 nitrogen and oxygen atoms in total. The first kappa shape index (κ1) is 20.9. The first-order valence-electron chi connectivity index (χ1n) is 10.3. The van der Waals surface area contributed by atoms with E-state index in [9.17, 15) is 9.59 Å². The van der Waals surface area contributed by atoms with Crippen LogP contribution in [0, 0.1) is 5.92 Å². The molecule has 1 aliphatic heterocycles. The van der Waals surface area contributed by atoms with Crippen LogP contribution >= 0.6 is 23.1 Å². The highest BCUT2D eigenvalue weighted by Crippen LogP contribution is 2.30. The number of amides is 2. The number of para-hydroxylation sites is 2. The van der Waals surface area contributed by atoms with Gasteiger partial charge in [-0.15, -0.1) is 11.3 Å². The summed E-state index contributed by atoms with van der Waals surface area (Å²) in [6, 6.07) is 17.7. The van der Waals surface area contributed by atoms with Crippen LogP contribution in [0.15, 0.2) is 58.9 Å². The topological polar surface area (TPSA) is 62.3 Å². The minimum absolute atomic E-state index is 0.0242. The largest absolute Gasteiger partial charge is 0.343 e. The van der Waals surface area contributed by atoms with Crippen molar-refractivity contribution >= 4 is 50.8 Å². The molecule has 0 bridgehead atoms. The Kier molecular flexibility index (Phi) is 7.02. The van der Waals surface area contributed by atoms with Crippen molar-refractivity contribution < 1.29 is 9.59 Å². The molecule has 2 amide bonds. The van der Waals surface area contributed by atoms with E-state index in [1.807, 2.05) is 53.4 Å². The van der Waals surface area contributed by atoms with E-state index in [1.165, 1.54) is 4.70 Å². The molecule has 2 heterocycles. The molecule has 0 saturated carbocycles. The molecule has 0 aliphatic carbocycles. The number of fused-ring (bicyclic) bond motifs is 1. The zero-order valence-electron chi connectivity index (χ0n) is 16.8. The SMILES string of the molecule is O=C(Nc1ccccc1)C1CCN(C(=O)CCCSc2nc3ccccc3s2)CC1. The highest BCUT2D eigenvalue weighted by atomic mass is 32.2. The van der Waals surface area contributed by atoms with Gasteiger partial charge in [-0.05, 0) is 43.5 Å². The fraction of sp³-hybridized carbons (Fsp3) is 0.348. The molecule has 4 rings (SSSR count). The third-order valence-electron chi connectivity index (χ3n) is 5.29. The normalized spacial score (nSPS) is 14.7. The van der Waals surface area contributed by atoms with Crippen LogP contribution in [0.3, 0.4) is 0 Å². The number of thiazole rings is 1. The fourth-order valence-corrected chi connectivity index (χ4v) is 5.69. The van der Waals surface area contributed by atoms with E-state index in [4.69, 9.17) is 0 Å². The van der Waals surface area contributed by atoms with Crippen LogP contribution in [-0.4, -0.2) is 40.5 Å². The van der Waals surface area contributed by atoms with Crippen LogP contribution in [-0.2, 0) is 9.59 Å². The summed E-state index contributed by atoms with van der Waals surface area (Å²) in [6.45, 7) is 1.33. The number of piperidine rings is 1. The number of anilines is 1. The van der Waals surface area contributed by atoms with Crippen LogP contribution in [0.1, 0.15) is 25.7 Å². The molecular formula is C23H25N3O2S2. The zero-order valence-corrected chi connectivity index (χ0v) is 18.4. The predicted octanol–water partition coefficient (Wildman–Crippen LogP) is 5.05. The Morgan fingerprint density at radius 2 is 1.80 bits per heavy atom. The van der Waals surface area contributed by atoms with Crippen LogP contribution in [0.4, 0.5) is 5.69 Å². The molecule has 0 unspecified atom stereocenters. The molecule has 2 aromatic carbocycles. The Balaban J connectivity index is 1.16. The fourth-order valence-electron chi connectivity index (χ4n) is 3.61. The maximum atomic E-state index is 12.5. The van der Waals surface area contributed by atoms with E-state index in [1.54, 1.807) is 23.1 Å². The van der Waals surface area contributed by atoms with Crippen LogP contribution in [0.2, 0.25) is 0 Å². The third kappa shape index (κ3) is 5.40. The number of likely N-dealkylation sites (tertiary alicyclic amines) is 1. The number of aromatic nitrogens is 1. The second-order valence-corrected chi connectivity index (χ2v) is 9.78. The first-order valence-corrected chi connectivity index (χ1v) is 12.1. The lowest BCUT2D eigenvalue weighted by atomic mass is 9.95. The lowest BCUT2D eigenvalue weighted by molar-refractivity contribution is -0.134. The van der Waals surface area contributed by atoms with E-state index < -0.39 is 0 Å². The summed E-state index contributed by atoms with van der Waals surface area (Å²) in [5, 5.41) is 2.97. The van der Waals surface area contributed by atoms with E-state index in [-0.39, 0.29) is 17.7 Å². The number of thioether (sulfide) groups is 1. The lowest BCUT2D eigenvalue weighted by Crippen LogP contribution is -2.41. The maximum absolute atomic E-state index is 12.5. The van der Waals surface area contributed by atoms with Crippen molar-refractivity contribution in [3.8, 4) is 0 Å². The predicted molar refractivity (Wildman–Crippen MR) is 124 cm³/mol. The smallest absolute Gasteiger partial charge is 0.227 e. The second kappa shape index (κ2) is 10.1. The zero-order chi connectivity index (χ0) is 20.8. The van der Waals surface area contributed by atoms with Crippen molar-refractivity contribution in [3.05, 3.63) is 54.6 Å². The average molecular weight is 440 g/mol. The monoisotopic (exact) mass is 439 g/mol. The van der Waals surface area contributed by atoms with Crippen molar-refractivity contribution in [1.82, 2.24) is 9.88 Å². The van der Waals surface area contributed by atoms with E-state index in [0.29, 0.717) is 19.5 Å². The molecule has 30 heavy (non-hydrogen) atoms. The first-order chi connectivity index (χ1) is 14.7. The van der Waals surface area contributed by atoms with E-state index in [0.717, 1.165) is 40.6 Å². The Bertz CT molecular complexity index is 965. The van der Waals surface area contributed by atoms with Gasteiger partial charge in [0.1, 0.15) is 0 Å². The van der Waals surface area contributed by atoms with Crippen molar-refractivity contribution in [2.24, 2.45) is 5.92 Å². The summed E-state index contributed by atoms with van der Waals surface area (Å²) in [7, 11) is 0. The van der Waals surface area contributed by atoms with Gasteiger partial charge in [0.05, 0.1) is 10.2 Å². The summed E-state index contributed by atoms with van der Waals surface area (Å²) >= 11 is 3.43. The van der Waals surface area contributed by atoms with Crippen molar-refractivity contribution in [3.63, 3.8) is 0 Å². The highest BCUT2D eigenvalue weighted by molar-refractivity contribution is 8.01. The van der Waals surface area contributed by atoms with E-state index >= 15 is 0 Å². The minimum atomic E-state index is -0.0242. The Morgan fingerprint density at radius 3 is 2.57 bits per heavy atom. The molecule has 156 valence electrons. The van der Waals surface area contributed by atoms with Gasteiger partial charge in [-0.1, -0.05) is 42.1 Å². The molecule has 1 saturated heterocycles. The molecule has 0 radical (unpaired) electrons. The minimum Gasteiger partial charge on any atom is -0.343 e. The molecule has 0 spiro atoms.